The molecule has 0 heterocycles. The zero-order chi connectivity index (χ0) is 17.7. The third-order valence-corrected chi connectivity index (χ3v) is 3.49. The van der Waals surface area contributed by atoms with Crippen molar-refractivity contribution in [2.24, 2.45) is 0 Å². The average molecular weight is 342 g/mol. The standard InChI is InChI=1S/C18H18F4O2/c1-11-7-13(19)15(21)9-17(11)23-5-3-4-6-24-18-10-16(22)14(20)8-12(18)2/h7-10H,3-6H2,1-2H3. The van der Waals surface area contributed by atoms with E-state index in [1.165, 1.54) is 0 Å². The van der Waals surface area contributed by atoms with Gasteiger partial charge >= 0.3 is 0 Å². The molecule has 0 amide bonds. The van der Waals surface area contributed by atoms with Crippen molar-refractivity contribution < 1.29 is 27.0 Å². The lowest BCUT2D eigenvalue weighted by Gasteiger charge is -2.11. The fourth-order valence-corrected chi connectivity index (χ4v) is 2.14. The Labute approximate surface area is 138 Å². The Morgan fingerprint density at radius 2 is 0.958 bits per heavy atom. The van der Waals surface area contributed by atoms with Crippen LogP contribution in [0.5, 0.6) is 11.5 Å². The molecule has 24 heavy (non-hydrogen) atoms. The third-order valence-electron chi connectivity index (χ3n) is 3.49. The van der Waals surface area contributed by atoms with E-state index in [-0.39, 0.29) is 0 Å². The van der Waals surface area contributed by atoms with E-state index in [1.54, 1.807) is 13.8 Å². The molecule has 0 aliphatic heterocycles. The van der Waals surface area contributed by atoms with Gasteiger partial charge in [0.25, 0.3) is 0 Å². The van der Waals surface area contributed by atoms with Crippen LogP contribution < -0.4 is 9.47 Å². The second-order valence-corrected chi connectivity index (χ2v) is 5.47. The first kappa shape index (κ1) is 18.1. The SMILES string of the molecule is Cc1cc(F)c(F)cc1OCCCCOc1cc(F)c(F)cc1C. The van der Waals surface area contributed by atoms with Gasteiger partial charge < -0.3 is 9.47 Å². The van der Waals surface area contributed by atoms with Crippen molar-refractivity contribution in [2.75, 3.05) is 13.2 Å². The van der Waals surface area contributed by atoms with E-state index in [0.717, 1.165) is 24.3 Å². The summed E-state index contributed by atoms with van der Waals surface area (Å²) in [6.45, 7) is 3.89. The maximum absolute atomic E-state index is 13.1. The van der Waals surface area contributed by atoms with E-state index in [9.17, 15) is 17.6 Å². The minimum atomic E-state index is -0.951. The predicted octanol–water partition coefficient (Wildman–Crippen LogP) is 5.10. The molecule has 0 atom stereocenters. The number of hydrogen-bond donors (Lipinski definition) is 0. The van der Waals surface area contributed by atoms with E-state index in [1.807, 2.05) is 0 Å². The number of halogens is 4. The maximum Gasteiger partial charge on any atom is 0.162 e. The van der Waals surface area contributed by atoms with Gasteiger partial charge in [-0.1, -0.05) is 0 Å². The lowest BCUT2D eigenvalue weighted by Crippen LogP contribution is -2.05. The molecule has 0 fully saturated rings. The molecule has 0 aromatic heterocycles. The Hall–Kier alpha value is -2.24. The van der Waals surface area contributed by atoms with Gasteiger partial charge in [0.05, 0.1) is 13.2 Å². The number of rotatable bonds is 7. The molecule has 2 aromatic carbocycles. The second-order valence-electron chi connectivity index (χ2n) is 5.47. The molecule has 6 heteroatoms. The van der Waals surface area contributed by atoms with Crippen LogP contribution in [-0.2, 0) is 0 Å². The van der Waals surface area contributed by atoms with Gasteiger partial charge in [0.15, 0.2) is 23.3 Å². The Morgan fingerprint density at radius 3 is 1.33 bits per heavy atom. The number of benzene rings is 2. The highest BCUT2D eigenvalue weighted by atomic mass is 19.2. The molecular formula is C18H18F4O2. The second kappa shape index (κ2) is 8.04. The maximum atomic E-state index is 13.1. The summed E-state index contributed by atoms with van der Waals surface area (Å²) in [5, 5.41) is 0. The van der Waals surface area contributed by atoms with E-state index in [0.29, 0.717) is 48.7 Å². The van der Waals surface area contributed by atoms with Crippen LogP contribution in [0.2, 0.25) is 0 Å². The monoisotopic (exact) mass is 342 g/mol. The molecule has 2 nitrogen and oxygen atoms in total. The number of unbranched alkanes of at least 4 members (excludes halogenated alkanes) is 1. The Kier molecular flexibility index (Phi) is 6.06. The molecule has 0 saturated carbocycles. The number of ether oxygens (including phenoxy) is 2. The van der Waals surface area contributed by atoms with Crippen LogP contribution in [0.25, 0.3) is 0 Å². The molecule has 130 valence electrons. The lowest BCUT2D eigenvalue weighted by molar-refractivity contribution is 0.263. The average Bonchev–Trinajstić information content (AvgIpc) is 2.52. The molecule has 0 radical (unpaired) electrons. The molecular weight excluding hydrogens is 324 g/mol. The van der Waals surface area contributed by atoms with Gasteiger partial charge in [-0.3, -0.25) is 0 Å². The predicted molar refractivity (Wildman–Crippen MR) is 82.4 cm³/mol. The fourth-order valence-electron chi connectivity index (χ4n) is 2.14. The first-order valence-corrected chi connectivity index (χ1v) is 7.55. The molecule has 2 rings (SSSR count). The van der Waals surface area contributed by atoms with E-state index in [4.69, 9.17) is 9.47 Å². The number of hydrogen-bond acceptors (Lipinski definition) is 2. The minimum absolute atomic E-state index is 0.297. The smallest absolute Gasteiger partial charge is 0.162 e. The summed E-state index contributed by atoms with van der Waals surface area (Å²) in [4.78, 5) is 0. The molecule has 0 aliphatic rings. The van der Waals surface area contributed by atoms with Crippen LogP contribution in [0, 0.1) is 37.1 Å². The zero-order valence-corrected chi connectivity index (χ0v) is 13.5. The van der Waals surface area contributed by atoms with Crippen molar-refractivity contribution in [3.8, 4) is 11.5 Å². The summed E-state index contributed by atoms with van der Waals surface area (Å²) >= 11 is 0. The topological polar surface area (TPSA) is 18.5 Å². The van der Waals surface area contributed by atoms with Gasteiger partial charge in [0.2, 0.25) is 0 Å². The molecule has 0 saturated heterocycles. The summed E-state index contributed by atoms with van der Waals surface area (Å²) in [6, 6.07) is 4.21. The van der Waals surface area contributed by atoms with Crippen LogP contribution in [0.4, 0.5) is 17.6 Å². The van der Waals surface area contributed by atoms with Gasteiger partial charge in [-0.15, -0.1) is 0 Å². The first-order chi connectivity index (χ1) is 11.4. The van der Waals surface area contributed by atoms with E-state index in [2.05, 4.69) is 0 Å². The fraction of sp³-hybridized carbons (Fsp3) is 0.333. The van der Waals surface area contributed by atoms with Gasteiger partial charge in [-0.25, -0.2) is 17.6 Å². The van der Waals surface area contributed by atoms with Gasteiger partial charge in [-0.2, -0.15) is 0 Å². The molecule has 0 spiro atoms. The van der Waals surface area contributed by atoms with Crippen molar-refractivity contribution in [2.45, 2.75) is 26.7 Å². The van der Waals surface area contributed by atoms with Crippen LogP contribution in [-0.4, -0.2) is 13.2 Å². The Morgan fingerprint density at radius 1 is 0.625 bits per heavy atom. The molecule has 2 aromatic rings. The van der Waals surface area contributed by atoms with Crippen LogP contribution in [0.15, 0.2) is 24.3 Å². The van der Waals surface area contributed by atoms with Crippen LogP contribution >= 0.6 is 0 Å². The van der Waals surface area contributed by atoms with Crippen LogP contribution in [0.1, 0.15) is 24.0 Å². The van der Waals surface area contributed by atoms with Gasteiger partial charge in [0.1, 0.15) is 11.5 Å². The summed E-state index contributed by atoms with van der Waals surface area (Å²) in [5.74, 6) is -3.12. The molecule has 0 unspecified atom stereocenters. The van der Waals surface area contributed by atoms with Crippen molar-refractivity contribution in [1.29, 1.82) is 0 Å². The highest BCUT2D eigenvalue weighted by Gasteiger charge is 2.09. The highest BCUT2D eigenvalue weighted by molar-refractivity contribution is 5.34. The third kappa shape index (κ3) is 4.63. The highest BCUT2D eigenvalue weighted by Crippen LogP contribution is 2.23. The molecule has 0 aliphatic carbocycles. The first-order valence-electron chi connectivity index (χ1n) is 7.55. The molecule has 0 N–H and O–H groups in total. The normalized spacial score (nSPS) is 10.8. The van der Waals surface area contributed by atoms with Crippen molar-refractivity contribution >= 4 is 0 Å². The van der Waals surface area contributed by atoms with Gasteiger partial charge in [0, 0.05) is 12.1 Å². The quantitative estimate of drug-likeness (QED) is 0.515. The zero-order valence-electron chi connectivity index (χ0n) is 13.5. The number of aryl methyl sites for hydroxylation is 2. The van der Waals surface area contributed by atoms with Crippen LogP contribution in [0.3, 0.4) is 0 Å². The van der Waals surface area contributed by atoms with Crippen molar-refractivity contribution in [3.05, 3.63) is 58.7 Å². The summed E-state index contributed by atoms with van der Waals surface area (Å²) in [5.41, 5.74) is 1.03. The summed E-state index contributed by atoms with van der Waals surface area (Å²) in [7, 11) is 0. The van der Waals surface area contributed by atoms with Crippen molar-refractivity contribution in [3.63, 3.8) is 0 Å². The van der Waals surface area contributed by atoms with E-state index >= 15 is 0 Å². The Bertz CT molecular complexity index is 655. The largest absolute Gasteiger partial charge is 0.493 e. The lowest BCUT2D eigenvalue weighted by atomic mass is 10.2. The Balaban J connectivity index is 1.74. The summed E-state index contributed by atoms with van der Waals surface area (Å²) in [6.07, 6.45) is 1.22. The minimum Gasteiger partial charge on any atom is -0.493 e. The van der Waals surface area contributed by atoms with Crippen molar-refractivity contribution in [1.82, 2.24) is 0 Å². The molecule has 0 bridgehead atoms. The summed E-state index contributed by atoms with van der Waals surface area (Å²) < 4.78 is 63.1. The van der Waals surface area contributed by atoms with Gasteiger partial charge in [-0.05, 0) is 49.9 Å². The van der Waals surface area contributed by atoms with E-state index < -0.39 is 23.3 Å².